The molecule has 2 rings (SSSR count). The molecule has 0 spiro atoms. The number of carbonyl (C=O) groups is 2. The van der Waals surface area contributed by atoms with E-state index < -0.39 is 0 Å². The lowest BCUT2D eigenvalue weighted by atomic mass is 9.89. The van der Waals surface area contributed by atoms with Gasteiger partial charge in [-0.25, -0.2) is 0 Å². The summed E-state index contributed by atoms with van der Waals surface area (Å²) in [4.78, 5) is 26.7. The highest BCUT2D eigenvalue weighted by Gasteiger charge is 2.31. The number of carbonyl (C=O) groups excluding carboxylic acids is 2. The first-order valence-corrected chi connectivity index (χ1v) is 9.49. The summed E-state index contributed by atoms with van der Waals surface area (Å²) in [5.41, 5.74) is 5.41. The van der Waals surface area contributed by atoms with Gasteiger partial charge in [0.05, 0.1) is 0 Å². The molecule has 0 aromatic rings. The molecule has 0 bridgehead atoms. The van der Waals surface area contributed by atoms with Crippen molar-refractivity contribution in [3.05, 3.63) is 0 Å². The van der Waals surface area contributed by atoms with Crippen molar-refractivity contribution in [3.63, 3.8) is 0 Å². The Hall–Kier alpha value is -0.810. The van der Waals surface area contributed by atoms with Crippen LogP contribution in [0.5, 0.6) is 0 Å². The number of nitrogens with zero attached hydrogens (tertiary/aromatic N) is 1. The summed E-state index contributed by atoms with van der Waals surface area (Å²) in [5, 5.41) is 2.95. The Bertz CT molecular complexity index is 384. The third-order valence-electron chi connectivity index (χ3n) is 5.27. The van der Waals surface area contributed by atoms with Gasteiger partial charge in [-0.05, 0) is 32.1 Å². The first-order chi connectivity index (χ1) is 11.2. The van der Waals surface area contributed by atoms with Crippen molar-refractivity contribution in [1.82, 2.24) is 10.2 Å². The third-order valence-corrected chi connectivity index (χ3v) is 5.27. The number of nitrogens with one attached hydrogen (secondary N) is 1. The van der Waals surface area contributed by atoms with E-state index in [-0.39, 0.29) is 30.3 Å². The van der Waals surface area contributed by atoms with E-state index in [1.807, 2.05) is 0 Å². The van der Waals surface area contributed by atoms with E-state index in [4.69, 9.17) is 5.73 Å². The average molecular weight is 360 g/mol. The number of halogens is 1. The molecule has 3 N–H and O–H groups in total. The van der Waals surface area contributed by atoms with E-state index in [0.29, 0.717) is 25.4 Å². The minimum absolute atomic E-state index is 0. The van der Waals surface area contributed by atoms with Gasteiger partial charge in [0, 0.05) is 38.0 Å². The quantitative estimate of drug-likeness (QED) is 0.792. The smallest absolute Gasteiger partial charge is 0.225 e. The molecule has 0 radical (unpaired) electrons. The van der Waals surface area contributed by atoms with Gasteiger partial charge in [0.15, 0.2) is 0 Å². The lowest BCUT2D eigenvalue weighted by Gasteiger charge is -2.38. The maximum atomic E-state index is 13.0. The van der Waals surface area contributed by atoms with Gasteiger partial charge in [-0.2, -0.15) is 0 Å². The fourth-order valence-corrected chi connectivity index (χ4v) is 3.89. The van der Waals surface area contributed by atoms with Crippen LogP contribution in [0.2, 0.25) is 0 Å². The SMILES string of the molecule is Cl.NCCC(=O)NCC1CCCCN1C(=O)C1CCCCCCC1. The van der Waals surface area contributed by atoms with Crippen LogP contribution in [0.25, 0.3) is 0 Å². The molecule has 5 nitrogen and oxygen atoms in total. The second-order valence-corrected chi connectivity index (χ2v) is 7.07. The number of nitrogens with two attached hydrogens (primary N) is 1. The molecular formula is C18H34ClN3O2. The lowest BCUT2D eigenvalue weighted by molar-refractivity contribution is -0.140. The van der Waals surface area contributed by atoms with Crippen LogP contribution >= 0.6 is 12.4 Å². The predicted molar refractivity (Wildman–Crippen MR) is 99.1 cm³/mol. The second-order valence-electron chi connectivity index (χ2n) is 7.07. The lowest BCUT2D eigenvalue weighted by Crippen LogP contribution is -2.51. The Balaban J connectivity index is 0.00000288. The van der Waals surface area contributed by atoms with Crippen LogP contribution in [0.1, 0.15) is 70.6 Å². The molecule has 2 aliphatic rings. The molecule has 1 heterocycles. The molecule has 2 amide bonds. The van der Waals surface area contributed by atoms with E-state index in [2.05, 4.69) is 10.2 Å². The van der Waals surface area contributed by atoms with Crippen molar-refractivity contribution in [2.24, 2.45) is 11.7 Å². The van der Waals surface area contributed by atoms with Crippen molar-refractivity contribution in [1.29, 1.82) is 0 Å². The minimum atomic E-state index is -0.00331. The molecule has 0 aromatic heterocycles. The normalized spacial score (nSPS) is 22.9. The minimum Gasteiger partial charge on any atom is -0.354 e. The van der Waals surface area contributed by atoms with Gasteiger partial charge in [0.2, 0.25) is 11.8 Å². The van der Waals surface area contributed by atoms with Crippen LogP contribution in [0.15, 0.2) is 0 Å². The molecule has 24 heavy (non-hydrogen) atoms. The zero-order valence-electron chi connectivity index (χ0n) is 14.8. The monoisotopic (exact) mass is 359 g/mol. The number of likely N-dealkylation sites (tertiary alicyclic amines) is 1. The van der Waals surface area contributed by atoms with Crippen molar-refractivity contribution >= 4 is 24.2 Å². The Labute approximate surface area is 152 Å². The summed E-state index contributed by atoms with van der Waals surface area (Å²) < 4.78 is 0. The second kappa shape index (κ2) is 11.7. The third kappa shape index (κ3) is 6.60. The Kier molecular flexibility index (Phi) is 10.3. The average Bonchev–Trinajstić information content (AvgIpc) is 2.53. The maximum Gasteiger partial charge on any atom is 0.225 e. The van der Waals surface area contributed by atoms with E-state index in [1.165, 1.54) is 32.1 Å². The summed E-state index contributed by atoms with van der Waals surface area (Å²) in [7, 11) is 0. The largest absolute Gasteiger partial charge is 0.354 e. The fraction of sp³-hybridized carbons (Fsp3) is 0.889. The first-order valence-electron chi connectivity index (χ1n) is 9.49. The van der Waals surface area contributed by atoms with E-state index >= 15 is 0 Å². The van der Waals surface area contributed by atoms with Crippen LogP contribution in [-0.2, 0) is 9.59 Å². The van der Waals surface area contributed by atoms with Gasteiger partial charge in [-0.15, -0.1) is 12.4 Å². The van der Waals surface area contributed by atoms with Crippen LogP contribution in [0.3, 0.4) is 0 Å². The molecule has 1 atom stereocenters. The molecule has 1 unspecified atom stereocenters. The van der Waals surface area contributed by atoms with E-state index in [9.17, 15) is 9.59 Å². The summed E-state index contributed by atoms with van der Waals surface area (Å²) >= 11 is 0. The number of rotatable bonds is 5. The summed E-state index contributed by atoms with van der Waals surface area (Å²) in [6.45, 7) is 1.81. The molecule has 140 valence electrons. The summed E-state index contributed by atoms with van der Waals surface area (Å²) in [6.07, 6.45) is 11.9. The fourth-order valence-electron chi connectivity index (χ4n) is 3.89. The van der Waals surface area contributed by atoms with Crippen molar-refractivity contribution in [2.75, 3.05) is 19.6 Å². The van der Waals surface area contributed by atoms with Crippen molar-refractivity contribution < 1.29 is 9.59 Å². The topological polar surface area (TPSA) is 75.4 Å². The highest BCUT2D eigenvalue weighted by Crippen LogP contribution is 2.27. The van der Waals surface area contributed by atoms with Crippen molar-refractivity contribution in [3.8, 4) is 0 Å². The Morgan fingerprint density at radius 3 is 2.25 bits per heavy atom. The van der Waals surface area contributed by atoms with E-state index in [0.717, 1.165) is 38.6 Å². The summed E-state index contributed by atoms with van der Waals surface area (Å²) in [5.74, 6) is 0.539. The molecule has 2 fully saturated rings. The van der Waals surface area contributed by atoms with E-state index in [1.54, 1.807) is 0 Å². The zero-order chi connectivity index (χ0) is 16.5. The van der Waals surface area contributed by atoms with Gasteiger partial charge >= 0.3 is 0 Å². The molecule has 0 aromatic carbocycles. The Morgan fingerprint density at radius 2 is 1.58 bits per heavy atom. The number of hydrogen-bond acceptors (Lipinski definition) is 3. The standard InChI is InChI=1S/C18H33N3O2.ClH/c19-12-11-17(22)20-14-16-10-6-7-13-21(16)18(23)15-8-4-2-1-3-5-9-15;/h15-16H,1-14,19H2,(H,20,22);1H. The summed E-state index contributed by atoms with van der Waals surface area (Å²) in [6, 6.07) is 0.170. The molecule has 6 heteroatoms. The van der Waals surface area contributed by atoms with Crippen LogP contribution < -0.4 is 11.1 Å². The van der Waals surface area contributed by atoms with Gasteiger partial charge in [-0.1, -0.05) is 32.1 Å². The maximum absolute atomic E-state index is 13.0. The first kappa shape index (κ1) is 21.2. The predicted octanol–water partition coefficient (Wildman–Crippen LogP) is 2.61. The molecule has 1 aliphatic heterocycles. The van der Waals surface area contributed by atoms with Gasteiger partial charge in [0.25, 0.3) is 0 Å². The van der Waals surface area contributed by atoms with Crippen LogP contribution in [0.4, 0.5) is 0 Å². The molecule has 1 aliphatic carbocycles. The molecule has 1 saturated heterocycles. The van der Waals surface area contributed by atoms with Crippen LogP contribution in [-0.4, -0.2) is 42.4 Å². The highest BCUT2D eigenvalue weighted by atomic mass is 35.5. The number of amides is 2. The molecule has 1 saturated carbocycles. The number of hydrogen-bond donors (Lipinski definition) is 2. The van der Waals surface area contributed by atoms with Gasteiger partial charge in [-0.3, -0.25) is 9.59 Å². The van der Waals surface area contributed by atoms with Gasteiger partial charge in [0.1, 0.15) is 0 Å². The molecular weight excluding hydrogens is 326 g/mol. The zero-order valence-corrected chi connectivity index (χ0v) is 15.6. The van der Waals surface area contributed by atoms with Crippen LogP contribution in [0, 0.1) is 5.92 Å². The highest BCUT2D eigenvalue weighted by molar-refractivity contribution is 5.85. The number of piperidine rings is 1. The van der Waals surface area contributed by atoms with Gasteiger partial charge < -0.3 is 16.0 Å². The Morgan fingerprint density at radius 1 is 0.958 bits per heavy atom. The van der Waals surface area contributed by atoms with Crippen molar-refractivity contribution in [2.45, 2.75) is 76.7 Å².